The Bertz CT molecular complexity index is 1150. The molecular weight excluding hydrogens is 420 g/mol. The van der Waals surface area contributed by atoms with Crippen LogP contribution in [0.3, 0.4) is 0 Å². The summed E-state index contributed by atoms with van der Waals surface area (Å²) in [6.07, 6.45) is 0.407. The number of amides is 2. The van der Waals surface area contributed by atoms with Gasteiger partial charge in [0, 0.05) is 36.7 Å². The number of fused-ring (bicyclic) bond motifs is 1. The number of carbonyl (C=O) groups excluding carboxylic acids is 2. The summed E-state index contributed by atoms with van der Waals surface area (Å²) in [5, 5.41) is 4.71. The number of ether oxygens (including phenoxy) is 2. The summed E-state index contributed by atoms with van der Waals surface area (Å²) in [4.78, 5) is 29.0. The van der Waals surface area contributed by atoms with E-state index in [1.807, 2.05) is 64.2 Å². The molecule has 170 valence electrons. The third-order valence-corrected chi connectivity index (χ3v) is 6.10. The molecule has 8 nitrogen and oxygen atoms in total. The van der Waals surface area contributed by atoms with Crippen LogP contribution in [-0.4, -0.2) is 59.9 Å². The number of nitrogens with zero attached hydrogens (tertiary/aromatic N) is 4. The summed E-state index contributed by atoms with van der Waals surface area (Å²) in [5.74, 6) is 1.65. The fraction of sp³-hybridized carbons (Fsp3) is 0.320. The molecular formula is C25H26N4O4. The Balaban J connectivity index is 1.34. The van der Waals surface area contributed by atoms with Gasteiger partial charge in [-0.25, -0.2) is 4.68 Å². The van der Waals surface area contributed by atoms with Crippen LogP contribution in [0.5, 0.6) is 5.75 Å². The molecule has 0 aliphatic carbocycles. The fourth-order valence-corrected chi connectivity index (χ4v) is 4.21. The molecule has 2 aliphatic rings. The van der Waals surface area contributed by atoms with Crippen LogP contribution in [0.15, 0.2) is 54.6 Å². The van der Waals surface area contributed by atoms with Gasteiger partial charge in [-0.05, 0) is 42.0 Å². The number of methoxy groups -OCH3 is 1. The molecule has 1 fully saturated rings. The Hall–Kier alpha value is -3.65. The van der Waals surface area contributed by atoms with Crippen LogP contribution in [0.1, 0.15) is 22.3 Å². The van der Waals surface area contributed by atoms with Crippen molar-refractivity contribution in [1.82, 2.24) is 14.7 Å². The van der Waals surface area contributed by atoms with Crippen LogP contribution in [0.2, 0.25) is 0 Å². The quantitative estimate of drug-likeness (QED) is 0.602. The Morgan fingerprint density at radius 2 is 1.76 bits per heavy atom. The van der Waals surface area contributed by atoms with E-state index in [2.05, 4.69) is 0 Å². The van der Waals surface area contributed by atoms with Gasteiger partial charge in [-0.3, -0.25) is 14.5 Å². The van der Waals surface area contributed by atoms with Crippen molar-refractivity contribution in [3.8, 4) is 17.0 Å². The molecule has 2 amide bonds. The predicted molar refractivity (Wildman–Crippen MR) is 123 cm³/mol. The topological polar surface area (TPSA) is 76.9 Å². The van der Waals surface area contributed by atoms with Gasteiger partial charge in [0.1, 0.15) is 11.6 Å². The van der Waals surface area contributed by atoms with Crippen LogP contribution in [0.25, 0.3) is 11.3 Å². The highest BCUT2D eigenvalue weighted by Crippen LogP contribution is 2.30. The second-order valence-electron chi connectivity index (χ2n) is 8.17. The number of aromatic nitrogens is 2. The maximum absolute atomic E-state index is 12.8. The number of morpholine rings is 1. The molecule has 33 heavy (non-hydrogen) atoms. The van der Waals surface area contributed by atoms with Crippen molar-refractivity contribution in [2.45, 2.75) is 19.5 Å². The van der Waals surface area contributed by atoms with Crippen molar-refractivity contribution in [3.05, 3.63) is 65.7 Å². The number of hydrogen-bond acceptors (Lipinski definition) is 5. The van der Waals surface area contributed by atoms with Crippen LogP contribution in [0, 0.1) is 0 Å². The largest absolute Gasteiger partial charge is 0.497 e. The lowest BCUT2D eigenvalue weighted by molar-refractivity contribution is -0.119. The monoisotopic (exact) mass is 446 g/mol. The van der Waals surface area contributed by atoms with Crippen molar-refractivity contribution in [2.24, 2.45) is 0 Å². The normalized spacial score (nSPS) is 16.0. The van der Waals surface area contributed by atoms with E-state index >= 15 is 0 Å². The lowest BCUT2D eigenvalue weighted by Crippen LogP contribution is -2.40. The molecule has 0 unspecified atom stereocenters. The highest BCUT2D eigenvalue weighted by Gasteiger charge is 2.27. The second-order valence-corrected chi connectivity index (χ2v) is 8.17. The first-order valence-electron chi connectivity index (χ1n) is 11.1. The predicted octanol–water partition coefficient (Wildman–Crippen LogP) is 2.97. The third kappa shape index (κ3) is 4.34. The molecule has 0 atom stereocenters. The zero-order valence-corrected chi connectivity index (χ0v) is 18.6. The molecule has 0 bridgehead atoms. The van der Waals surface area contributed by atoms with Gasteiger partial charge in [0.15, 0.2) is 0 Å². The maximum atomic E-state index is 12.8. The number of hydrogen-bond donors (Lipinski definition) is 0. The van der Waals surface area contributed by atoms with Gasteiger partial charge < -0.3 is 14.4 Å². The van der Waals surface area contributed by atoms with E-state index in [1.54, 1.807) is 12.0 Å². The molecule has 1 aromatic heterocycles. The number of rotatable bonds is 5. The molecule has 3 aromatic rings. The third-order valence-electron chi connectivity index (χ3n) is 6.10. The van der Waals surface area contributed by atoms with Gasteiger partial charge in [-0.15, -0.1) is 0 Å². The van der Waals surface area contributed by atoms with E-state index in [9.17, 15) is 9.59 Å². The molecule has 0 saturated carbocycles. The highest BCUT2D eigenvalue weighted by molar-refractivity contribution is 5.95. The summed E-state index contributed by atoms with van der Waals surface area (Å²) in [6.45, 7) is 3.37. The lowest BCUT2D eigenvalue weighted by atomic mass is 10.1. The molecule has 3 heterocycles. The van der Waals surface area contributed by atoms with Crippen LogP contribution >= 0.6 is 0 Å². The zero-order chi connectivity index (χ0) is 22.8. The van der Waals surface area contributed by atoms with Crippen molar-refractivity contribution in [3.63, 3.8) is 0 Å². The Kier molecular flexibility index (Phi) is 5.83. The summed E-state index contributed by atoms with van der Waals surface area (Å²) in [7, 11) is 1.64. The van der Waals surface area contributed by atoms with Crippen molar-refractivity contribution < 1.29 is 19.1 Å². The average Bonchev–Trinajstić information content (AvgIpc) is 3.31. The van der Waals surface area contributed by atoms with E-state index in [0.29, 0.717) is 51.4 Å². The first-order chi connectivity index (χ1) is 16.1. The van der Waals surface area contributed by atoms with Crippen LogP contribution in [0.4, 0.5) is 5.82 Å². The van der Waals surface area contributed by atoms with Crippen molar-refractivity contribution in [1.29, 1.82) is 0 Å². The van der Waals surface area contributed by atoms with Crippen LogP contribution < -0.4 is 9.64 Å². The molecule has 8 heteroatoms. The molecule has 0 spiro atoms. The number of anilines is 1. The van der Waals surface area contributed by atoms with E-state index in [0.717, 1.165) is 28.4 Å². The average molecular weight is 447 g/mol. The van der Waals surface area contributed by atoms with Gasteiger partial charge in [0.25, 0.3) is 5.91 Å². The Labute approximate surface area is 192 Å². The van der Waals surface area contributed by atoms with Crippen molar-refractivity contribution >= 4 is 17.6 Å². The fourth-order valence-electron chi connectivity index (χ4n) is 4.21. The van der Waals surface area contributed by atoms with Gasteiger partial charge >= 0.3 is 0 Å². The minimum atomic E-state index is 0.0149. The van der Waals surface area contributed by atoms with Crippen LogP contribution in [-0.2, 0) is 22.6 Å². The van der Waals surface area contributed by atoms with Crippen molar-refractivity contribution in [2.75, 3.05) is 38.3 Å². The number of aryl methyl sites for hydroxylation is 1. The molecule has 2 aliphatic heterocycles. The zero-order valence-electron chi connectivity index (χ0n) is 18.6. The minimum absolute atomic E-state index is 0.0149. The summed E-state index contributed by atoms with van der Waals surface area (Å²) < 4.78 is 12.4. The van der Waals surface area contributed by atoms with Gasteiger partial charge in [-0.2, -0.15) is 5.10 Å². The van der Waals surface area contributed by atoms with E-state index < -0.39 is 0 Å². The summed E-state index contributed by atoms with van der Waals surface area (Å²) in [5.41, 5.74) is 3.40. The minimum Gasteiger partial charge on any atom is -0.497 e. The molecule has 0 radical (unpaired) electrons. The summed E-state index contributed by atoms with van der Waals surface area (Å²) in [6, 6.07) is 17.2. The molecule has 1 saturated heterocycles. The smallest absolute Gasteiger partial charge is 0.254 e. The van der Waals surface area contributed by atoms with E-state index in [-0.39, 0.29) is 11.8 Å². The van der Waals surface area contributed by atoms with E-state index in [4.69, 9.17) is 14.6 Å². The maximum Gasteiger partial charge on any atom is 0.254 e. The molecule has 5 rings (SSSR count). The first kappa shape index (κ1) is 21.2. The number of benzene rings is 2. The van der Waals surface area contributed by atoms with Gasteiger partial charge in [0.2, 0.25) is 5.91 Å². The van der Waals surface area contributed by atoms with Gasteiger partial charge in [0.05, 0.1) is 39.1 Å². The van der Waals surface area contributed by atoms with Gasteiger partial charge in [-0.1, -0.05) is 12.1 Å². The first-order valence-corrected chi connectivity index (χ1v) is 11.1. The SMILES string of the molecule is COc1ccc(-c2cc3n(n2)CCC(=O)N3Cc2ccc(C(=O)N3CCOCC3)cc2)cc1. The Morgan fingerprint density at radius 3 is 2.45 bits per heavy atom. The highest BCUT2D eigenvalue weighted by atomic mass is 16.5. The Morgan fingerprint density at radius 1 is 1.03 bits per heavy atom. The second kappa shape index (κ2) is 9.07. The van der Waals surface area contributed by atoms with E-state index in [1.165, 1.54) is 0 Å². The standard InChI is InChI=1S/C25H26N4O4/c1-32-21-8-6-19(7-9-21)22-16-23-28(24(30)10-11-29(23)26-22)17-18-2-4-20(5-3-18)25(31)27-12-14-33-15-13-27/h2-9,16H,10-15,17H2,1H3. The molecule has 2 aromatic carbocycles. The number of carbonyl (C=O) groups is 2. The summed E-state index contributed by atoms with van der Waals surface area (Å²) >= 11 is 0. The lowest BCUT2D eigenvalue weighted by Gasteiger charge is -2.28. The molecule has 0 N–H and O–H groups in total.